The molecule has 0 saturated carbocycles. The van der Waals surface area contributed by atoms with Crippen LogP contribution in [0.2, 0.25) is 0 Å². The molecule has 3 nitrogen and oxygen atoms in total. The van der Waals surface area contributed by atoms with Crippen LogP contribution in [0, 0.1) is 11.7 Å². The lowest BCUT2D eigenvalue weighted by Crippen LogP contribution is -2.02. The van der Waals surface area contributed by atoms with E-state index >= 15 is 0 Å². The average Bonchev–Trinajstić information content (AvgIpc) is 2.03. The van der Waals surface area contributed by atoms with Crippen molar-refractivity contribution in [3.63, 3.8) is 0 Å². The molecule has 0 aliphatic heterocycles. The molecule has 0 radical (unpaired) electrons. The number of hydrogen-bond acceptors (Lipinski definition) is 3. The fraction of sp³-hybridized carbons (Fsp3) is 0.500. The Morgan fingerprint density at radius 3 is 3.00 bits per heavy atom. The fourth-order valence-corrected chi connectivity index (χ4v) is 1.26. The Kier molecular flexibility index (Phi) is 3.37. The van der Waals surface area contributed by atoms with E-state index in [9.17, 15) is 0 Å². The quantitative estimate of drug-likeness (QED) is 0.695. The van der Waals surface area contributed by atoms with Crippen LogP contribution in [-0.4, -0.2) is 16.5 Å². The van der Waals surface area contributed by atoms with E-state index < -0.39 is 0 Å². The lowest BCUT2D eigenvalue weighted by atomic mass is 10.1. The average molecular weight is 183 g/mol. The van der Waals surface area contributed by atoms with Gasteiger partial charge >= 0.3 is 0 Å². The summed E-state index contributed by atoms with van der Waals surface area (Å²) in [6, 6.07) is 0. The molecule has 4 heteroatoms. The van der Waals surface area contributed by atoms with E-state index in [1.807, 2.05) is 13.1 Å². The number of nitrogens with one attached hydrogen (secondary N) is 1. The number of nitrogens with two attached hydrogens (primary N) is 1. The van der Waals surface area contributed by atoms with Crippen LogP contribution < -0.4 is 5.73 Å². The molecule has 0 aromatic carbocycles. The minimum Gasteiger partial charge on any atom is -0.335 e. The molecule has 0 bridgehead atoms. The van der Waals surface area contributed by atoms with Crippen LogP contribution >= 0.6 is 12.2 Å². The van der Waals surface area contributed by atoms with Crippen LogP contribution in [0.15, 0.2) is 6.20 Å². The first-order valence-corrected chi connectivity index (χ1v) is 4.39. The first kappa shape index (κ1) is 9.35. The van der Waals surface area contributed by atoms with Gasteiger partial charge in [0.2, 0.25) is 0 Å². The zero-order valence-electron chi connectivity index (χ0n) is 7.13. The van der Waals surface area contributed by atoms with Crippen LogP contribution in [0.1, 0.15) is 17.7 Å². The third-order valence-electron chi connectivity index (χ3n) is 1.76. The highest BCUT2D eigenvalue weighted by molar-refractivity contribution is 7.71. The number of aromatic nitrogens is 2. The topological polar surface area (TPSA) is 54.7 Å². The molecule has 0 spiro atoms. The Bertz CT molecular complexity index is 305. The molecule has 1 aromatic heterocycles. The Labute approximate surface area is 77.0 Å². The predicted octanol–water partition coefficient (Wildman–Crippen LogP) is 1.34. The van der Waals surface area contributed by atoms with Gasteiger partial charge in [-0.25, -0.2) is 4.98 Å². The van der Waals surface area contributed by atoms with Gasteiger partial charge < -0.3 is 10.7 Å². The first-order valence-electron chi connectivity index (χ1n) is 3.99. The Balaban J connectivity index is 2.79. The Morgan fingerprint density at radius 2 is 2.42 bits per heavy atom. The van der Waals surface area contributed by atoms with Crippen LogP contribution in [0.3, 0.4) is 0 Å². The Hall–Kier alpha value is -0.740. The fourth-order valence-electron chi connectivity index (χ4n) is 1.05. The first-order chi connectivity index (χ1) is 5.74. The molecule has 0 unspecified atom stereocenters. The van der Waals surface area contributed by atoms with Crippen molar-refractivity contribution in [1.29, 1.82) is 0 Å². The number of nitrogens with zero attached hydrogens (tertiary/aromatic N) is 1. The van der Waals surface area contributed by atoms with Gasteiger partial charge in [-0.1, -0.05) is 0 Å². The molecular formula is C8H13N3S. The van der Waals surface area contributed by atoms with Gasteiger partial charge in [-0.15, -0.1) is 0 Å². The molecule has 12 heavy (non-hydrogen) atoms. The lowest BCUT2D eigenvalue weighted by molar-refractivity contribution is 0.812. The number of aromatic amines is 1. The molecule has 0 amide bonds. The van der Waals surface area contributed by atoms with E-state index in [2.05, 4.69) is 9.97 Å². The summed E-state index contributed by atoms with van der Waals surface area (Å²) >= 11 is 4.88. The van der Waals surface area contributed by atoms with Crippen molar-refractivity contribution in [3.05, 3.63) is 22.2 Å². The van der Waals surface area contributed by atoms with E-state index in [0.29, 0.717) is 4.77 Å². The second-order valence-corrected chi connectivity index (χ2v) is 3.12. The van der Waals surface area contributed by atoms with E-state index in [-0.39, 0.29) is 0 Å². The van der Waals surface area contributed by atoms with E-state index in [1.165, 1.54) is 5.56 Å². The summed E-state index contributed by atoms with van der Waals surface area (Å²) in [5, 5.41) is 0. The normalized spacial score (nSPS) is 10.2. The van der Waals surface area contributed by atoms with Gasteiger partial charge in [0.05, 0.1) is 0 Å². The molecular weight excluding hydrogens is 170 g/mol. The summed E-state index contributed by atoms with van der Waals surface area (Å²) in [4.78, 5) is 7.02. The van der Waals surface area contributed by atoms with Gasteiger partial charge in [0.15, 0.2) is 4.77 Å². The molecule has 1 aromatic rings. The monoisotopic (exact) mass is 183 g/mol. The molecule has 1 heterocycles. The van der Waals surface area contributed by atoms with E-state index in [1.54, 1.807) is 0 Å². The van der Waals surface area contributed by atoms with Crippen LogP contribution in [0.25, 0.3) is 0 Å². The molecule has 0 aliphatic carbocycles. The third kappa shape index (κ3) is 2.39. The number of hydrogen-bond donors (Lipinski definition) is 2. The maximum absolute atomic E-state index is 5.41. The van der Waals surface area contributed by atoms with Gasteiger partial charge in [0, 0.05) is 11.9 Å². The maximum Gasteiger partial charge on any atom is 0.196 e. The minimum absolute atomic E-state index is 0.545. The van der Waals surface area contributed by atoms with Gasteiger partial charge in [-0.3, -0.25) is 0 Å². The smallest absolute Gasteiger partial charge is 0.196 e. The summed E-state index contributed by atoms with van der Waals surface area (Å²) in [7, 11) is 0. The number of aryl methyl sites for hydroxylation is 2. The van der Waals surface area contributed by atoms with Crippen molar-refractivity contribution in [2.45, 2.75) is 19.8 Å². The Morgan fingerprint density at radius 1 is 1.67 bits per heavy atom. The van der Waals surface area contributed by atoms with Crippen molar-refractivity contribution in [3.8, 4) is 0 Å². The standard InChI is InChI=1S/C8H13N3S/c1-6-7(3-2-4-9)5-10-8(12)11-6/h5H,2-4,9H2,1H3,(H,10,11,12). The number of rotatable bonds is 3. The second kappa shape index (κ2) is 4.33. The maximum atomic E-state index is 5.41. The molecule has 3 N–H and O–H groups in total. The van der Waals surface area contributed by atoms with E-state index in [0.717, 1.165) is 25.1 Å². The highest BCUT2D eigenvalue weighted by Gasteiger charge is 1.97. The molecule has 0 atom stereocenters. The van der Waals surface area contributed by atoms with Crippen LogP contribution in [0.5, 0.6) is 0 Å². The van der Waals surface area contributed by atoms with Crippen molar-refractivity contribution in [2.24, 2.45) is 5.73 Å². The van der Waals surface area contributed by atoms with Gasteiger partial charge in [0.25, 0.3) is 0 Å². The lowest BCUT2D eigenvalue weighted by Gasteiger charge is -2.02. The molecule has 1 rings (SSSR count). The van der Waals surface area contributed by atoms with Crippen LogP contribution in [-0.2, 0) is 6.42 Å². The van der Waals surface area contributed by atoms with Crippen molar-refractivity contribution < 1.29 is 0 Å². The van der Waals surface area contributed by atoms with E-state index in [4.69, 9.17) is 18.0 Å². The van der Waals surface area contributed by atoms with Crippen LogP contribution in [0.4, 0.5) is 0 Å². The summed E-state index contributed by atoms with van der Waals surface area (Å²) in [5.41, 5.74) is 7.71. The third-order valence-corrected chi connectivity index (χ3v) is 1.97. The van der Waals surface area contributed by atoms with Gasteiger partial charge in [-0.2, -0.15) is 0 Å². The highest BCUT2D eigenvalue weighted by atomic mass is 32.1. The second-order valence-electron chi connectivity index (χ2n) is 2.73. The molecule has 0 fully saturated rings. The van der Waals surface area contributed by atoms with Crippen molar-refractivity contribution in [2.75, 3.05) is 6.54 Å². The summed E-state index contributed by atoms with van der Waals surface area (Å²) < 4.78 is 0.545. The molecule has 0 saturated heterocycles. The zero-order chi connectivity index (χ0) is 8.97. The SMILES string of the molecule is Cc1[nH]c(=S)ncc1CCCN. The minimum atomic E-state index is 0.545. The zero-order valence-corrected chi connectivity index (χ0v) is 7.95. The predicted molar refractivity (Wildman–Crippen MR) is 51.5 cm³/mol. The van der Waals surface area contributed by atoms with Crippen molar-refractivity contribution >= 4 is 12.2 Å². The molecule has 0 aliphatic rings. The summed E-state index contributed by atoms with van der Waals surface area (Å²) in [6.45, 7) is 2.72. The number of H-pyrrole nitrogens is 1. The summed E-state index contributed by atoms with van der Waals surface area (Å²) in [6.07, 6.45) is 3.79. The molecule has 66 valence electrons. The summed E-state index contributed by atoms with van der Waals surface area (Å²) in [5.74, 6) is 0. The van der Waals surface area contributed by atoms with Crippen molar-refractivity contribution in [1.82, 2.24) is 9.97 Å². The largest absolute Gasteiger partial charge is 0.335 e. The van der Waals surface area contributed by atoms with Gasteiger partial charge in [0.1, 0.15) is 0 Å². The highest BCUT2D eigenvalue weighted by Crippen LogP contribution is 2.04. The van der Waals surface area contributed by atoms with Gasteiger partial charge in [-0.05, 0) is 44.1 Å².